The maximum absolute atomic E-state index is 13.0. The van der Waals surface area contributed by atoms with Crippen LogP contribution in [0.25, 0.3) is 0 Å². The van der Waals surface area contributed by atoms with E-state index in [-0.39, 0.29) is 25.1 Å². The van der Waals surface area contributed by atoms with E-state index >= 15 is 0 Å². The second kappa shape index (κ2) is 12.0. The zero-order valence-corrected chi connectivity index (χ0v) is 18.3. The summed E-state index contributed by atoms with van der Waals surface area (Å²) in [6.07, 6.45) is 0.189. The number of aromatic hydroxyl groups is 1. The Kier molecular flexibility index (Phi) is 9.33. The lowest BCUT2D eigenvalue weighted by Crippen LogP contribution is -2.58. The molecule has 4 atom stereocenters. The molecule has 1 aromatic carbocycles. The molecule has 2 rings (SSSR count). The molecule has 0 saturated carbocycles. The smallest absolute Gasteiger partial charge is 0.326 e. The molecule has 1 aliphatic heterocycles. The molecular weight excluding hydrogens is 450 g/mol. The van der Waals surface area contributed by atoms with Crippen molar-refractivity contribution in [3.63, 3.8) is 0 Å². The van der Waals surface area contributed by atoms with Crippen molar-refractivity contribution >= 4 is 29.6 Å². The highest BCUT2D eigenvalue weighted by atomic mass is 16.4. The normalized spacial score (nSPS) is 17.9. The van der Waals surface area contributed by atoms with Gasteiger partial charge in [0.25, 0.3) is 0 Å². The molecule has 1 aliphatic rings. The molecule has 1 saturated heterocycles. The molecule has 0 bridgehead atoms. The van der Waals surface area contributed by atoms with E-state index in [1.807, 2.05) is 0 Å². The van der Waals surface area contributed by atoms with Crippen LogP contribution in [0.15, 0.2) is 24.3 Å². The Morgan fingerprint density at radius 2 is 1.68 bits per heavy atom. The van der Waals surface area contributed by atoms with E-state index < -0.39 is 66.8 Å². The number of rotatable bonds is 11. The van der Waals surface area contributed by atoms with Crippen LogP contribution in [-0.4, -0.2) is 87.1 Å². The number of aliphatic hydroxyl groups excluding tert-OH is 1. The molecule has 1 aromatic rings. The van der Waals surface area contributed by atoms with Crippen LogP contribution in [0.2, 0.25) is 0 Å². The van der Waals surface area contributed by atoms with Crippen molar-refractivity contribution in [2.45, 2.75) is 49.9 Å². The number of carbonyl (C=O) groups excluding carboxylic acids is 4. The van der Waals surface area contributed by atoms with Crippen molar-refractivity contribution in [2.75, 3.05) is 13.2 Å². The van der Waals surface area contributed by atoms with Crippen LogP contribution in [-0.2, 0) is 30.4 Å². The van der Waals surface area contributed by atoms with Gasteiger partial charge in [-0.1, -0.05) is 12.1 Å². The van der Waals surface area contributed by atoms with Gasteiger partial charge in [0, 0.05) is 13.0 Å². The third-order valence-corrected chi connectivity index (χ3v) is 5.39. The number of amides is 4. The largest absolute Gasteiger partial charge is 0.508 e. The number of carboxylic acids is 1. The number of benzene rings is 1. The molecule has 34 heavy (non-hydrogen) atoms. The third-order valence-electron chi connectivity index (χ3n) is 5.39. The minimum Gasteiger partial charge on any atom is -0.508 e. The number of hydrogen-bond acceptors (Lipinski definition) is 8. The van der Waals surface area contributed by atoms with Crippen molar-refractivity contribution in [3.05, 3.63) is 29.8 Å². The summed E-state index contributed by atoms with van der Waals surface area (Å²) in [5.74, 6) is -4.45. The highest BCUT2D eigenvalue weighted by Crippen LogP contribution is 2.18. The summed E-state index contributed by atoms with van der Waals surface area (Å²) in [4.78, 5) is 61.7. The van der Waals surface area contributed by atoms with Crippen molar-refractivity contribution in [2.24, 2.45) is 11.5 Å². The van der Waals surface area contributed by atoms with Crippen LogP contribution in [0.3, 0.4) is 0 Å². The van der Waals surface area contributed by atoms with E-state index in [4.69, 9.17) is 11.5 Å². The number of hydrogen-bond donors (Lipinski definition) is 7. The molecule has 13 heteroatoms. The van der Waals surface area contributed by atoms with Crippen molar-refractivity contribution in [1.82, 2.24) is 15.5 Å². The monoisotopic (exact) mass is 479 g/mol. The molecule has 186 valence electrons. The van der Waals surface area contributed by atoms with E-state index in [2.05, 4.69) is 10.6 Å². The van der Waals surface area contributed by atoms with Crippen molar-refractivity contribution in [1.29, 1.82) is 0 Å². The summed E-state index contributed by atoms with van der Waals surface area (Å²) in [7, 11) is 0. The summed E-state index contributed by atoms with van der Waals surface area (Å²) in [6, 6.07) is 0.705. The molecule has 13 nitrogen and oxygen atoms in total. The fourth-order valence-corrected chi connectivity index (χ4v) is 3.61. The minimum absolute atomic E-state index is 0.0122. The van der Waals surface area contributed by atoms with Gasteiger partial charge in [-0.3, -0.25) is 19.2 Å². The van der Waals surface area contributed by atoms with Gasteiger partial charge in [0.05, 0.1) is 19.1 Å². The average Bonchev–Trinajstić information content (AvgIpc) is 3.27. The summed E-state index contributed by atoms with van der Waals surface area (Å²) in [5, 5.41) is 33.2. The molecule has 1 fully saturated rings. The van der Waals surface area contributed by atoms with Gasteiger partial charge in [-0.05, 0) is 30.5 Å². The molecule has 0 spiro atoms. The van der Waals surface area contributed by atoms with Crippen LogP contribution in [0.1, 0.15) is 24.8 Å². The number of aliphatic carboxylic acids is 1. The lowest BCUT2D eigenvalue weighted by atomic mass is 10.0. The van der Waals surface area contributed by atoms with Crippen LogP contribution in [0.5, 0.6) is 5.75 Å². The topological polar surface area (TPSA) is 225 Å². The van der Waals surface area contributed by atoms with E-state index in [0.29, 0.717) is 12.0 Å². The zero-order chi connectivity index (χ0) is 25.4. The standard InChI is InChI=1S/C21H29N5O8/c22-13(9-17(23)29)18(30)24-14(8-11-3-5-12(28)6-4-11)19(31)25-15(10-27)20(32)26-7-1-2-16(26)21(33)34/h3-6,13-16,27-28H,1-2,7-10,22H2,(H2,23,29)(H,24,30)(H,25,31)(H,33,34). The number of carboxylic acid groups (broad SMARTS) is 1. The third kappa shape index (κ3) is 7.15. The maximum atomic E-state index is 13.0. The molecular formula is C21H29N5O8. The van der Waals surface area contributed by atoms with Gasteiger partial charge in [-0.2, -0.15) is 0 Å². The van der Waals surface area contributed by atoms with E-state index in [0.717, 1.165) is 4.90 Å². The molecule has 0 aliphatic carbocycles. The quantitative estimate of drug-likeness (QED) is 0.173. The number of aliphatic hydroxyl groups is 1. The Hall–Kier alpha value is -3.71. The number of carbonyl (C=O) groups is 5. The molecule has 1 heterocycles. The predicted molar refractivity (Wildman–Crippen MR) is 117 cm³/mol. The van der Waals surface area contributed by atoms with Gasteiger partial charge in [-0.15, -0.1) is 0 Å². The van der Waals surface area contributed by atoms with Gasteiger partial charge in [0.2, 0.25) is 23.6 Å². The summed E-state index contributed by atoms with van der Waals surface area (Å²) in [6.45, 7) is -0.633. The fourth-order valence-electron chi connectivity index (χ4n) is 3.61. The van der Waals surface area contributed by atoms with Crippen molar-refractivity contribution < 1.29 is 39.3 Å². The Morgan fingerprint density at radius 1 is 1.06 bits per heavy atom. The Morgan fingerprint density at radius 3 is 2.24 bits per heavy atom. The lowest BCUT2D eigenvalue weighted by molar-refractivity contribution is -0.150. The number of phenolic OH excluding ortho intramolecular Hbond substituents is 1. The first kappa shape index (κ1) is 26.5. The van der Waals surface area contributed by atoms with Crippen LogP contribution < -0.4 is 22.1 Å². The summed E-state index contributed by atoms with van der Waals surface area (Å²) >= 11 is 0. The Bertz CT molecular complexity index is 922. The Balaban J connectivity index is 2.18. The zero-order valence-electron chi connectivity index (χ0n) is 18.3. The Labute approximate surface area is 195 Å². The van der Waals surface area contributed by atoms with Crippen LogP contribution >= 0.6 is 0 Å². The van der Waals surface area contributed by atoms with Gasteiger partial charge < -0.3 is 42.3 Å². The second-order valence-electron chi connectivity index (χ2n) is 7.98. The second-order valence-corrected chi connectivity index (χ2v) is 7.98. The summed E-state index contributed by atoms with van der Waals surface area (Å²) in [5.41, 5.74) is 11.2. The van der Waals surface area contributed by atoms with E-state index in [1.165, 1.54) is 24.3 Å². The highest BCUT2D eigenvalue weighted by molar-refractivity contribution is 5.95. The van der Waals surface area contributed by atoms with Crippen LogP contribution in [0.4, 0.5) is 0 Å². The first-order valence-corrected chi connectivity index (χ1v) is 10.6. The maximum Gasteiger partial charge on any atom is 0.326 e. The average molecular weight is 479 g/mol. The number of phenols is 1. The number of nitrogens with one attached hydrogen (secondary N) is 2. The minimum atomic E-state index is -1.44. The SMILES string of the molecule is NC(=O)CC(N)C(=O)NC(Cc1ccc(O)cc1)C(=O)NC(CO)C(=O)N1CCCC1C(=O)O. The summed E-state index contributed by atoms with van der Waals surface area (Å²) < 4.78 is 0. The number of likely N-dealkylation sites (tertiary alicyclic amines) is 1. The lowest BCUT2D eigenvalue weighted by Gasteiger charge is -2.28. The van der Waals surface area contributed by atoms with Gasteiger partial charge in [0.15, 0.2) is 0 Å². The molecule has 4 amide bonds. The number of nitrogens with zero attached hydrogens (tertiary/aromatic N) is 1. The first-order valence-electron chi connectivity index (χ1n) is 10.6. The van der Waals surface area contributed by atoms with Gasteiger partial charge in [-0.25, -0.2) is 4.79 Å². The fraction of sp³-hybridized carbons (Fsp3) is 0.476. The van der Waals surface area contributed by atoms with E-state index in [9.17, 15) is 39.3 Å². The number of nitrogens with two attached hydrogens (primary N) is 2. The molecule has 4 unspecified atom stereocenters. The van der Waals surface area contributed by atoms with Gasteiger partial charge >= 0.3 is 5.97 Å². The van der Waals surface area contributed by atoms with Gasteiger partial charge in [0.1, 0.15) is 23.9 Å². The molecule has 9 N–H and O–H groups in total. The molecule has 0 aromatic heterocycles. The van der Waals surface area contributed by atoms with E-state index in [1.54, 1.807) is 0 Å². The predicted octanol–water partition coefficient (Wildman–Crippen LogP) is -2.83. The van der Waals surface area contributed by atoms with Crippen molar-refractivity contribution in [3.8, 4) is 5.75 Å². The number of primary amides is 1. The highest BCUT2D eigenvalue weighted by Gasteiger charge is 2.38. The molecule has 0 radical (unpaired) electrons. The van der Waals surface area contributed by atoms with Crippen LogP contribution in [0, 0.1) is 0 Å². The first-order chi connectivity index (χ1) is 16.0.